The van der Waals surface area contributed by atoms with Gasteiger partial charge >= 0.3 is 0 Å². The van der Waals surface area contributed by atoms with E-state index in [9.17, 15) is 0 Å². The summed E-state index contributed by atoms with van der Waals surface area (Å²) in [6.07, 6.45) is 1.87. The lowest BCUT2D eigenvalue weighted by Gasteiger charge is -2.27. The zero-order valence-electron chi connectivity index (χ0n) is 14.2. The van der Waals surface area contributed by atoms with Crippen molar-refractivity contribution in [3.63, 3.8) is 0 Å². The fraction of sp³-hybridized carbons (Fsp3) is 0.350. The highest BCUT2D eigenvalue weighted by Gasteiger charge is 2.64. The smallest absolute Gasteiger partial charge is 0.143 e. The largest absolute Gasteiger partial charge is 0.481 e. The molecule has 5 heteroatoms. The van der Waals surface area contributed by atoms with Gasteiger partial charge in [0.2, 0.25) is 0 Å². The average molecular weight is 401 g/mol. The molecule has 0 radical (unpaired) electrons. The molecule has 1 aliphatic heterocycles. The molecule has 1 N–H and O–H groups in total. The lowest BCUT2D eigenvalue weighted by atomic mass is 9.96. The van der Waals surface area contributed by atoms with Crippen molar-refractivity contribution in [1.29, 1.82) is 0 Å². The first-order chi connectivity index (χ1) is 12.2. The Balaban J connectivity index is 1.65. The molecule has 0 spiro atoms. The number of benzene rings is 2. The summed E-state index contributed by atoms with van der Waals surface area (Å²) in [5.41, 5.74) is 2.93. The summed E-state index contributed by atoms with van der Waals surface area (Å²) in [4.78, 5) is 5.62. The van der Waals surface area contributed by atoms with Gasteiger partial charge in [0.05, 0.1) is 11.6 Å². The molecule has 1 saturated carbocycles. The zero-order valence-corrected chi connectivity index (χ0v) is 15.8. The van der Waals surface area contributed by atoms with E-state index < -0.39 is 0 Å². The molecule has 4 rings (SSSR count). The van der Waals surface area contributed by atoms with E-state index in [0.717, 1.165) is 40.9 Å². The number of halogens is 1. The Morgan fingerprint density at radius 3 is 2.92 bits per heavy atom. The molecule has 2 atom stereocenters. The lowest BCUT2D eigenvalue weighted by molar-refractivity contribution is 0.134. The molecular formula is C20H21BrN2O2. The summed E-state index contributed by atoms with van der Waals surface area (Å²) in [7, 11) is 1.94. The van der Waals surface area contributed by atoms with E-state index in [-0.39, 0.29) is 11.5 Å². The van der Waals surface area contributed by atoms with Crippen LogP contribution in [0.25, 0.3) is 0 Å². The van der Waals surface area contributed by atoms with E-state index in [4.69, 9.17) is 9.57 Å². The highest BCUT2D eigenvalue weighted by molar-refractivity contribution is 9.10. The minimum Gasteiger partial charge on any atom is -0.481 e. The van der Waals surface area contributed by atoms with Crippen LogP contribution in [0.15, 0.2) is 58.2 Å². The van der Waals surface area contributed by atoms with E-state index in [2.05, 4.69) is 56.7 Å². The third-order valence-electron chi connectivity index (χ3n) is 4.84. The van der Waals surface area contributed by atoms with Crippen molar-refractivity contribution in [2.75, 3.05) is 20.2 Å². The summed E-state index contributed by atoms with van der Waals surface area (Å²) in [6.45, 7) is 1.54. The fourth-order valence-electron chi connectivity index (χ4n) is 3.49. The summed E-state index contributed by atoms with van der Waals surface area (Å²) >= 11 is 3.54. The van der Waals surface area contributed by atoms with Crippen LogP contribution in [-0.2, 0) is 10.4 Å². The highest BCUT2D eigenvalue weighted by atomic mass is 79.9. The molecule has 2 aliphatic rings. The standard InChI is InChI=1S/C20H21BrN2O2/c1-22-10-5-11-24-23-19-16-9-8-15(21)12-18(16)25-20(13-17(19)20)14-6-3-2-4-7-14/h2-4,6-9,12,17,22H,5,10-11,13H2,1H3. The number of fused-ring (bicyclic) bond motifs is 2. The van der Waals surface area contributed by atoms with Gasteiger partial charge < -0.3 is 14.9 Å². The van der Waals surface area contributed by atoms with Crippen LogP contribution in [0.4, 0.5) is 0 Å². The molecule has 0 aromatic heterocycles. The Kier molecular flexibility index (Phi) is 4.52. The maximum atomic E-state index is 6.46. The van der Waals surface area contributed by atoms with Crippen LogP contribution in [0, 0.1) is 5.92 Å². The summed E-state index contributed by atoms with van der Waals surface area (Å²) < 4.78 is 7.46. The van der Waals surface area contributed by atoms with E-state index >= 15 is 0 Å². The summed E-state index contributed by atoms with van der Waals surface area (Å²) in [6, 6.07) is 16.5. The normalized spacial score (nSPS) is 25.0. The van der Waals surface area contributed by atoms with E-state index in [1.54, 1.807) is 0 Å². The van der Waals surface area contributed by atoms with Crippen LogP contribution in [0.5, 0.6) is 5.75 Å². The topological polar surface area (TPSA) is 42.8 Å². The number of nitrogens with zero attached hydrogens (tertiary/aromatic N) is 1. The first-order valence-electron chi connectivity index (χ1n) is 8.63. The number of hydrogen-bond donors (Lipinski definition) is 1. The molecule has 2 unspecified atom stereocenters. The van der Waals surface area contributed by atoms with Crippen molar-refractivity contribution >= 4 is 21.6 Å². The number of oxime groups is 1. The Morgan fingerprint density at radius 1 is 1.28 bits per heavy atom. The van der Waals surface area contributed by atoms with Crippen molar-refractivity contribution < 1.29 is 9.57 Å². The molecule has 4 nitrogen and oxygen atoms in total. The maximum absolute atomic E-state index is 6.46. The molecule has 2 aromatic rings. The van der Waals surface area contributed by atoms with Crippen LogP contribution < -0.4 is 10.1 Å². The number of hydrogen-bond acceptors (Lipinski definition) is 4. The molecule has 130 valence electrons. The molecule has 1 aliphatic carbocycles. The molecule has 2 aromatic carbocycles. The van der Waals surface area contributed by atoms with Crippen LogP contribution in [0.2, 0.25) is 0 Å². The minimum atomic E-state index is -0.303. The third kappa shape index (κ3) is 3.07. The van der Waals surface area contributed by atoms with Crippen molar-refractivity contribution in [2.24, 2.45) is 11.1 Å². The van der Waals surface area contributed by atoms with Gasteiger partial charge in [0, 0.05) is 16.5 Å². The van der Waals surface area contributed by atoms with E-state index in [1.165, 1.54) is 5.56 Å². The molecule has 0 bridgehead atoms. The lowest BCUT2D eigenvalue weighted by Crippen LogP contribution is -2.28. The predicted molar refractivity (Wildman–Crippen MR) is 102 cm³/mol. The van der Waals surface area contributed by atoms with Gasteiger partial charge in [0.25, 0.3) is 0 Å². The summed E-state index contributed by atoms with van der Waals surface area (Å²) in [5.74, 6) is 1.11. The monoisotopic (exact) mass is 400 g/mol. The summed E-state index contributed by atoms with van der Waals surface area (Å²) in [5, 5.41) is 7.63. The van der Waals surface area contributed by atoms with Crippen molar-refractivity contribution in [3.05, 3.63) is 64.1 Å². The van der Waals surface area contributed by atoms with Crippen LogP contribution in [0.3, 0.4) is 0 Å². The van der Waals surface area contributed by atoms with E-state index in [0.29, 0.717) is 6.61 Å². The van der Waals surface area contributed by atoms with Gasteiger partial charge in [-0.05, 0) is 43.8 Å². The van der Waals surface area contributed by atoms with Gasteiger partial charge in [-0.25, -0.2) is 0 Å². The molecule has 25 heavy (non-hydrogen) atoms. The molecule has 0 saturated heterocycles. The zero-order chi connectivity index (χ0) is 17.3. The second-order valence-corrected chi connectivity index (χ2v) is 7.44. The van der Waals surface area contributed by atoms with Gasteiger partial charge in [-0.3, -0.25) is 0 Å². The molecule has 0 amide bonds. The first kappa shape index (κ1) is 16.6. The number of ether oxygens (including phenoxy) is 1. The van der Waals surface area contributed by atoms with Gasteiger partial charge in [-0.1, -0.05) is 51.4 Å². The van der Waals surface area contributed by atoms with Crippen molar-refractivity contribution in [3.8, 4) is 5.75 Å². The maximum Gasteiger partial charge on any atom is 0.143 e. The number of nitrogens with one attached hydrogen (secondary N) is 1. The van der Waals surface area contributed by atoms with Crippen molar-refractivity contribution in [1.82, 2.24) is 5.32 Å². The van der Waals surface area contributed by atoms with E-state index in [1.807, 2.05) is 25.2 Å². The molecule has 1 heterocycles. The second-order valence-electron chi connectivity index (χ2n) is 6.52. The second kappa shape index (κ2) is 6.81. The third-order valence-corrected chi connectivity index (χ3v) is 5.33. The SMILES string of the molecule is CNCCCON=C1c2ccc(Br)cc2OC2(c3ccccc3)CC12. The highest BCUT2D eigenvalue weighted by Crippen LogP contribution is 2.60. The van der Waals surface area contributed by atoms with Gasteiger partial charge in [-0.2, -0.15) is 0 Å². The van der Waals surface area contributed by atoms with Gasteiger partial charge in [0.15, 0.2) is 0 Å². The molecule has 1 fully saturated rings. The Hall–Kier alpha value is -1.85. The Morgan fingerprint density at radius 2 is 2.12 bits per heavy atom. The Labute approximate surface area is 156 Å². The predicted octanol–water partition coefficient (Wildman–Crippen LogP) is 4.09. The average Bonchev–Trinajstić information content (AvgIpc) is 3.37. The first-order valence-corrected chi connectivity index (χ1v) is 9.43. The quantitative estimate of drug-likeness (QED) is 0.586. The van der Waals surface area contributed by atoms with Crippen LogP contribution >= 0.6 is 15.9 Å². The Bertz CT molecular complexity index is 794. The molecular weight excluding hydrogens is 380 g/mol. The van der Waals surface area contributed by atoms with Crippen LogP contribution in [0.1, 0.15) is 24.0 Å². The van der Waals surface area contributed by atoms with Crippen LogP contribution in [-0.4, -0.2) is 25.9 Å². The van der Waals surface area contributed by atoms with Gasteiger partial charge in [-0.15, -0.1) is 0 Å². The number of rotatable bonds is 6. The minimum absolute atomic E-state index is 0.243. The van der Waals surface area contributed by atoms with Crippen molar-refractivity contribution in [2.45, 2.75) is 18.4 Å². The van der Waals surface area contributed by atoms with Gasteiger partial charge in [0.1, 0.15) is 18.0 Å². The fourth-order valence-corrected chi connectivity index (χ4v) is 3.83.